The summed E-state index contributed by atoms with van der Waals surface area (Å²) in [5.41, 5.74) is 4.77. The van der Waals surface area contributed by atoms with Crippen LogP contribution in [-0.4, -0.2) is 9.55 Å². The zero-order valence-electron chi connectivity index (χ0n) is 14.3. The molecular formula is C20H22FN3. The van der Waals surface area contributed by atoms with Crippen molar-refractivity contribution in [2.45, 2.75) is 26.4 Å². The number of hydrogen-bond donors (Lipinski definition) is 1. The van der Waals surface area contributed by atoms with Crippen molar-refractivity contribution >= 4 is 0 Å². The van der Waals surface area contributed by atoms with E-state index in [0.29, 0.717) is 0 Å². The lowest BCUT2D eigenvalue weighted by Crippen LogP contribution is -2.25. The van der Waals surface area contributed by atoms with E-state index in [-0.39, 0.29) is 11.9 Å². The van der Waals surface area contributed by atoms with Gasteiger partial charge in [0.2, 0.25) is 0 Å². The number of aryl methyl sites for hydroxylation is 3. The second kappa shape index (κ2) is 6.97. The van der Waals surface area contributed by atoms with Gasteiger partial charge in [-0.2, -0.15) is 0 Å². The minimum atomic E-state index is -0.230. The summed E-state index contributed by atoms with van der Waals surface area (Å²) < 4.78 is 15.3. The Balaban J connectivity index is 1.88. The van der Waals surface area contributed by atoms with Crippen molar-refractivity contribution in [3.63, 3.8) is 0 Å². The van der Waals surface area contributed by atoms with Crippen molar-refractivity contribution in [1.82, 2.24) is 14.9 Å². The Bertz CT molecular complexity index is 821. The molecule has 1 aromatic heterocycles. The summed E-state index contributed by atoms with van der Waals surface area (Å²) in [6, 6.07) is 13.0. The Labute approximate surface area is 142 Å². The van der Waals surface area contributed by atoms with Gasteiger partial charge in [0.15, 0.2) is 0 Å². The molecule has 4 heteroatoms. The average Bonchev–Trinajstić information content (AvgIpc) is 2.97. The second-order valence-electron chi connectivity index (χ2n) is 6.19. The Morgan fingerprint density at radius 1 is 1.12 bits per heavy atom. The number of benzene rings is 2. The number of aromatic nitrogens is 2. The van der Waals surface area contributed by atoms with Gasteiger partial charge >= 0.3 is 0 Å². The van der Waals surface area contributed by atoms with Crippen molar-refractivity contribution in [1.29, 1.82) is 0 Å². The monoisotopic (exact) mass is 323 g/mol. The van der Waals surface area contributed by atoms with Gasteiger partial charge in [0, 0.05) is 26.0 Å². The second-order valence-corrected chi connectivity index (χ2v) is 6.19. The molecule has 0 spiro atoms. The summed E-state index contributed by atoms with van der Waals surface area (Å²) in [6.45, 7) is 4.94. The first-order chi connectivity index (χ1) is 11.5. The molecule has 0 radical (unpaired) electrons. The molecule has 124 valence electrons. The zero-order valence-corrected chi connectivity index (χ0v) is 14.3. The van der Waals surface area contributed by atoms with Crippen molar-refractivity contribution in [3.8, 4) is 0 Å². The smallest absolute Gasteiger partial charge is 0.130 e. The highest BCUT2D eigenvalue weighted by Crippen LogP contribution is 2.22. The first kappa shape index (κ1) is 16.4. The van der Waals surface area contributed by atoms with E-state index in [1.54, 1.807) is 6.20 Å². The third kappa shape index (κ3) is 3.54. The van der Waals surface area contributed by atoms with Crippen LogP contribution in [0.25, 0.3) is 0 Å². The van der Waals surface area contributed by atoms with Crippen LogP contribution < -0.4 is 5.32 Å². The van der Waals surface area contributed by atoms with Crippen LogP contribution in [0.5, 0.6) is 0 Å². The van der Waals surface area contributed by atoms with Crippen LogP contribution in [0, 0.1) is 19.7 Å². The van der Waals surface area contributed by atoms with E-state index in [4.69, 9.17) is 0 Å². The molecule has 0 aliphatic rings. The predicted octanol–water partition coefficient (Wildman–Crippen LogP) is 4.06. The summed E-state index contributed by atoms with van der Waals surface area (Å²) in [6.07, 6.45) is 3.70. The summed E-state index contributed by atoms with van der Waals surface area (Å²) in [7, 11) is 1.97. The molecule has 0 amide bonds. The third-order valence-corrected chi connectivity index (χ3v) is 4.31. The van der Waals surface area contributed by atoms with Crippen LogP contribution in [-0.2, 0) is 13.6 Å². The number of imidazole rings is 1. The van der Waals surface area contributed by atoms with Gasteiger partial charge in [-0.1, -0.05) is 35.9 Å². The van der Waals surface area contributed by atoms with Crippen molar-refractivity contribution in [2.24, 2.45) is 7.05 Å². The van der Waals surface area contributed by atoms with Crippen LogP contribution in [0.4, 0.5) is 4.39 Å². The topological polar surface area (TPSA) is 29.9 Å². The summed E-state index contributed by atoms with van der Waals surface area (Å²) in [4.78, 5) is 4.47. The predicted molar refractivity (Wildman–Crippen MR) is 94.2 cm³/mol. The molecule has 0 aliphatic heterocycles. The maximum absolute atomic E-state index is 13.3. The van der Waals surface area contributed by atoms with Gasteiger partial charge < -0.3 is 4.57 Å². The third-order valence-electron chi connectivity index (χ3n) is 4.31. The molecule has 3 aromatic rings. The Morgan fingerprint density at radius 3 is 2.50 bits per heavy atom. The fraction of sp³-hybridized carbons (Fsp3) is 0.250. The first-order valence-corrected chi connectivity index (χ1v) is 8.07. The van der Waals surface area contributed by atoms with Crippen LogP contribution in [0.1, 0.15) is 34.1 Å². The highest BCUT2D eigenvalue weighted by Gasteiger charge is 2.18. The van der Waals surface area contributed by atoms with Crippen molar-refractivity contribution < 1.29 is 4.39 Å². The van der Waals surface area contributed by atoms with Crippen LogP contribution in [0.3, 0.4) is 0 Å². The number of nitrogens with one attached hydrogen (secondary N) is 1. The molecule has 24 heavy (non-hydrogen) atoms. The largest absolute Gasteiger partial charge is 0.336 e. The van der Waals surface area contributed by atoms with Gasteiger partial charge in [0.05, 0.1) is 6.04 Å². The first-order valence-electron chi connectivity index (χ1n) is 8.07. The SMILES string of the molecule is Cc1ccc(CNC(c2ccc(F)cc2)c2nccn2C)c(C)c1. The van der Waals surface area contributed by atoms with E-state index in [9.17, 15) is 4.39 Å². The Hall–Kier alpha value is -2.46. The minimum absolute atomic E-state index is 0.0914. The van der Waals surface area contributed by atoms with Gasteiger partial charge in [-0.3, -0.25) is 5.32 Å². The maximum Gasteiger partial charge on any atom is 0.130 e. The molecule has 0 saturated heterocycles. The number of rotatable bonds is 5. The fourth-order valence-corrected chi connectivity index (χ4v) is 2.92. The van der Waals surface area contributed by atoms with E-state index in [0.717, 1.165) is 17.9 Å². The molecule has 0 aliphatic carbocycles. The molecule has 0 bridgehead atoms. The molecule has 3 nitrogen and oxygen atoms in total. The molecule has 1 N–H and O–H groups in total. The summed E-state index contributed by atoms with van der Waals surface area (Å²) in [5, 5.41) is 3.57. The van der Waals surface area contributed by atoms with Crippen molar-refractivity contribution in [2.75, 3.05) is 0 Å². The molecule has 1 unspecified atom stereocenters. The average molecular weight is 323 g/mol. The molecule has 1 heterocycles. The van der Waals surface area contributed by atoms with Gasteiger partial charge in [-0.05, 0) is 42.7 Å². The molecule has 3 rings (SSSR count). The van der Waals surface area contributed by atoms with Gasteiger partial charge in [-0.15, -0.1) is 0 Å². The quantitative estimate of drug-likeness (QED) is 0.767. The summed E-state index contributed by atoms with van der Waals surface area (Å²) in [5.74, 6) is 0.679. The maximum atomic E-state index is 13.3. The van der Waals surface area contributed by atoms with Crippen LogP contribution in [0.2, 0.25) is 0 Å². The van der Waals surface area contributed by atoms with Crippen LogP contribution in [0.15, 0.2) is 54.9 Å². The van der Waals surface area contributed by atoms with E-state index in [1.807, 2.05) is 29.9 Å². The standard InChI is InChI=1S/C20H22FN3/c1-14-4-5-17(15(2)12-14)13-23-19(20-22-10-11-24(20)3)16-6-8-18(21)9-7-16/h4-12,19,23H,13H2,1-3H3. The van der Waals surface area contributed by atoms with E-state index in [1.165, 1.54) is 28.8 Å². The number of nitrogens with zero attached hydrogens (tertiary/aromatic N) is 2. The highest BCUT2D eigenvalue weighted by atomic mass is 19.1. The lowest BCUT2D eigenvalue weighted by atomic mass is 10.0. The molecule has 0 fully saturated rings. The number of hydrogen-bond acceptors (Lipinski definition) is 2. The summed E-state index contributed by atoms with van der Waals surface area (Å²) >= 11 is 0. The van der Waals surface area contributed by atoms with E-state index >= 15 is 0 Å². The molecule has 1 atom stereocenters. The van der Waals surface area contributed by atoms with Crippen molar-refractivity contribution in [3.05, 3.63) is 88.8 Å². The molecule has 0 saturated carbocycles. The molecular weight excluding hydrogens is 301 g/mol. The normalized spacial score (nSPS) is 12.3. The Kier molecular flexibility index (Phi) is 4.76. The van der Waals surface area contributed by atoms with E-state index in [2.05, 4.69) is 42.3 Å². The fourth-order valence-electron chi connectivity index (χ4n) is 2.92. The minimum Gasteiger partial charge on any atom is -0.336 e. The lowest BCUT2D eigenvalue weighted by molar-refractivity contribution is 0.554. The van der Waals surface area contributed by atoms with E-state index < -0.39 is 0 Å². The molecule has 2 aromatic carbocycles. The van der Waals surface area contributed by atoms with Crippen LogP contribution >= 0.6 is 0 Å². The van der Waals surface area contributed by atoms with Gasteiger partial charge in [-0.25, -0.2) is 9.37 Å². The number of halogens is 1. The Morgan fingerprint density at radius 2 is 1.88 bits per heavy atom. The van der Waals surface area contributed by atoms with Gasteiger partial charge in [0.1, 0.15) is 11.6 Å². The highest BCUT2D eigenvalue weighted by molar-refractivity contribution is 5.31. The lowest BCUT2D eigenvalue weighted by Gasteiger charge is -2.20. The zero-order chi connectivity index (χ0) is 17.1. The van der Waals surface area contributed by atoms with Gasteiger partial charge in [0.25, 0.3) is 0 Å².